The van der Waals surface area contributed by atoms with Crippen molar-refractivity contribution in [2.75, 3.05) is 0 Å². The van der Waals surface area contributed by atoms with Gasteiger partial charge in [-0.2, -0.15) is 0 Å². The van der Waals surface area contributed by atoms with Gasteiger partial charge in [0, 0.05) is 11.4 Å². The third kappa shape index (κ3) is 0.936. The zero-order valence-corrected chi connectivity index (χ0v) is 8.60. The molecule has 0 aromatic heterocycles. The van der Waals surface area contributed by atoms with Gasteiger partial charge < -0.3 is 0 Å². The first-order chi connectivity index (χ1) is 6.74. The van der Waals surface area contributed by atoms with Gasteiger partial charge in [0.2, 0.25) is 0 Å². The summed E-state index contributed by atoms with van der Waals surface area (Å²) >= 11 is 6.13. The molecule has 2 heteroatoms. The molecule has 0 aliphatic heterocycles. The zero-order chi connectivity index (χ0) is 9.76. The van der Waals surface area contributed by atoms with Crippen LogP contribution in [0.2, 0.25) is 5.02 Å². The van der Waals surface area contributed by atoms with Crippen LogP contribution in [0.5, 0.6) is 0 Å². The second kappa shape index (κ2) is 2.60. The molecule has 0 radical (unpaired) electrons. The van der Waals surface area contributed by atoms with E-state index in [0.29, 0.717) is 12.2 Å². The summed E-state index contributed by atoms with van der Waals surface area (Å²) in [4.78, 5) is 11.8. The van der Waals surface area contributed by atoms with E-state index in [4.69, 9.17) is 11.6 Å². The van der Waals surface area contributed by atoms with Crippen LogP contribution in [0.3, 0.4) is 0 Å². The summed E-state index contributed by atoms with van der Waals surface area (Å²) in [5.41, 5.74) is 2.31. The molecule has 0 unspecified atom stereocenters. The van der Waals surface area contributed by atoms with Gasteiger partial charge in [0.1, 0.15) is 5.78 Å². The van der Waals surface area contributed by atoms with Crippen molar-refractivity contribution in [1.29, 1.82) is 0 Å². The average molecular weight is 207 g/mol. The lowest BCUT2D eigenvalue weighted by atomic mass is 9.79. The number of halogens is 1. The lowest BCUT2D eigenvalue weighted by Crippen LogP contribution is -2.27. The first-order valence-corrected chi connectivity index (χ1v) is 5.43. The topological polar surface area (TPSA) is 17.1 Å². The second-order valence-electron chi connectivity index (χ2n) is 4.27. The van der Waals surface area contributed by atoms with Crippen LogP contribution in [0.4, 0.5) is 0 Å². The molecule has 2 aliphatic carbocycles. The molecule has 0 atom stereocenters. The monoisotopic (exact) mass is 206 g/mol. The minimum Gasteiger partial charge on any atom is -0.299 e. The van der Waals surface area contributed by atoms with E-state index in [1.54, 1.807) is 0 Å². The fraction of sp³-hybridized carbons (Fsp3) is 0.417. The Labute approximate surface area is 88.1 Å². The summed E-state index contributed by atoms with van der Waals surface area (Å²) in [5.74, 6) is 0.423. The molecule has 0 amide bonds. The molecule has 0 saturated heterocycles. The number of hydrogen-bond donors (Lipinski definition) is 0. The number of carbonyl (C=O) groups excluding carboxylic acids is 1. The Balaban J connectivity index is 2.23. The number of ketones is 1. The SMILES string of the molecule is O=C1CCc2c(Cl)cccc2C12CC2. The van der Waals surface area contributed by atoms with E-state index in [1.165, 1.54) is 11.1 Å². The van der Waals surface area contributed by atoms with Crippen LogP contribution in [0.1, 0.15) is 30.4 Å². The van der Waals surface area contributed by atoms with Crippen molar-refractivity contribution >= 4 is 17.4 Å². The van der Waals surface area contributed by atoms with Gasteiger partial charge in [-0.05, 0) is 36.5 Å². The fourth-order valence-electron chi connectivity index (χ4n) is 2.56. The van der Waals surface area contributed by atoms with Gasteiger partial charge in [0.25, 0.3) is 0 Å². The van der Waals surface area contributed by atoms with Gasteiger partial charge in [-0.3, -0.25) is 4.79 Å². The summed E-state index contributed by atoms with van der Waals surface area (Å²) < 4.78 is 0. The molecule has 1 saturated carbocycles. The summed E-state index contributed by atoms with van der Waals surface area (Å²) in [6, 6.07) is 5.96. The van der Waals surface area contributed by atoms with Crippen LogP contribution < -0.4 is 0 Å². The van der Waals surface area contributed by atoms with E-state index in [2.05, 4.69) is 6.07 Å². The third-order valence-electron chi connectivity index (χ3n) is 3.52. The van der Waals surface area contributed by atoms with Crippen molar-refractivity contribution < 1.29 is 4.79 Å². The number of benzene rings is 1. The number of Topliss-reactive ketones (excluding diaryl/α,β-unsaturated/α-hetero) is 1. The highest BCUT2D eigenvalue weighted by molar-refractivity contribution is 6.31. The minimum atomic E-state index is -0.113. The van der Waals surface area contributed by atoms with Gasteiger partial charge in [-0.1, -0.05) is 23.7 Å². The van der Waals surface area contributed by atoms with Gasteiger partial charge in [-0.25, -0.2) is 0 Å². The molecule has 3 rings (SSSR count). The minimum absolute atomic E-state index is 0.113. The number of fused-ring (bicyclic) bond motifs is 2. The Morgan fingerprint density at radius 3 is 2.71 bits per heavy atom. The normalized spacial score (nSPS) is 22.2. The van der Waals surface area contributed by atoms with E-state index in [1.807, 2.05) is 12.1 Å². The maximum absolute atomic E-state index is 11.8. The van der Waals surface area contributed by atoms with Gasteiger partial charge >= 0.3 is 0 Å². The highest BCUT2D eigenvalue weighted by Gasteiger charge is 2.53. The largest absolute Gasteiger partial charge is 0.299 e. The predicted molar refractivity (Wildman–Crippen MR) is 55.7 cm³/mol. The fourth-order valence-corrected chi connectivity index (χ4v) is 2.83. The lowest BCUT2D eigenvalue weighted by molar-refractivity contribution is -0.121. The molecular weight excluding hydrogens is 196 g/mol. The molecule has 1 aromatic rings. The van der Waals surface area contributed by atoms with Crippen molar-refractivity contribution in [3.8, 4) is 0 Å². The lowest BCUT2D eigenvalue weighted by Gasteiger charge is -2.24. The number of carbonyl (C=O) groups is 1. The maximum Gasteiger partial charge on any atom is 0.143 e. The molecule has 1 nitrogen and oxygen atoms in total. The van der Waals surface area contributed by atoms with Crippen LogP contribution in [0.25, 0.3) is 0 Å². The van der Waals surface area contributed by atoms with Crippen LogP contribution in [0.15, 0.2) is 18.2 Å². The molecule has 1 spiro atoms. The Hall–Kier alpha value is -0.820. The molecule has 1 fully saturated rings. The van der Waals surface area contributed by atoms with Crippen molar-refractivity contribution in [2.24, 2.45) is 0 Å². The van der Waals surface area contributed by atoms with E-state index < -0.39 is 0 Å². The van der Waals surface area contributed by atoms with Gasteiger partial charge in [0.05, 0.1) is 5.41 Å². The smallest absolute Gasteiger partial charge is 0.143 e. The van der Waals surface area contributed by atoms with Crippen molar-refractivity contribution in [1.82, 2.24) is 0 Å². The zero-order valence-electron chi connectivity index (χ0n) is 7.85. The highest BCUT2D eigenvalue weighted by atomic mass is 35.5. The first kappa shape index (κ1) is 8.49. The molecule has 0 bridgehead atoms. The Morgan fingerprint density at radius 2 is 2.00 bits per heavy atom. The van der Waals surface area contributed by atoms with Gasteiger partial charge in [0.15, 0.2) is 0 Å². The Bertz CT molecular complexity index is 418. The molecule has 0 heterocycles. The average Bonchev–Trinajstić information content (AvgIpc) is 2.94. The molecule has 14 heavy (non-hydrogen) atoms. The second-order valence-corrected chi connectivity index (χ2v) is 4.68. The third-order valence-corrected chi connectivity index (χ3v) is 3.87. The van der Waals surface area contributed by atoms with Crippen molar-refractivity contribution in [2.45, 2.75) is 31.1 Å². The van der Waals surface area contributed by atoms with Crippen molar-refractivity contribution in [3.05, 3.63) is 34.3 Å². The van der Waals surface area contributed by atoms with E-state index in [-0.39, 0.29) is 5.41 Å². The van der Waals surface area contributed by atoms with E-state index in [0.717, 1.165) is 24.3 Å². The summed E-state index contributed by atoms with van der Waals surface area (Å²) in [6.45, 7) is 0. The molecule has 0 N–H and O–H groups in total. The molecule has 1 aromatic carbocycles. The summed E-state index contributed by atoms with van der Waals surface area (Å²) in [6.07, 6.45) is 3.56. The molecule has 2 aliphatic rings. The van der Waals surface area contributed by atoms with Crippen molar-refractivity contribution in [3.63, 3.8) is 0 Å². The maximum atomic E-state index is 11.8. The van der Waals surface area contributed by atoms with Crippen LogP contribution in [0, 0.1) is 0 Å². The molecular formula is C12H11ClO. The van der Waals surface area contributed by atoms with Gasteiger partial charge in [-0.15, -0.1) is 0 Å². The summed E-state index contributed by atoms with van der Waals surface area (Å²) in [7, 11) is 0. The molecule has 72 valence electrons. The Morgan fingerprint density at radius 1 is 1.21 bits per heavy atom. The van der Waals surface area contributed by atoms with E-state index >= 15 is 0 Å². The standard InChI is InChI=1S/C12H11ClO/c13-10-3-1-2-9-8(10)4-5-11(14)12(9)6-7-12/h1-3H,4-7H2. The quantitative estimate of drug-likeness (QED) is 0.638. The van der Waals surface area contributed by atoms with Crippen LogP contribution in [-0.4, -0.2) is 5.78 Å². The first-order valence-electron chi connectivity index (χ1n) is 5.05. The van der Waals surface area contributed by atoms with Crippen LogP contribution >= 0.6 is 11.6 Å². The van der Waals surface area contributed by atoms with E-state index in [9.17, 15) is 4.79 Å². The number of rotatable bonds is 0. The summed E-state index contributed by atoms with van der Waals surface area (Å²) in [5, 5.41) is 0.835. The highest BCUT2D eigenvalue weighted by Crippen LogP contribution is 2.54. The predicted octanol–water partition coefficient (Wildman–Crippen LogP) is 2.89. The Kier molecular flexibility index (Phi) is 1.58. The van der Waals surface area contributed by atoms with Crippen LogP contribution in [-0.2, 0) is 16.6 Å². The number of hydrogen-bond acceptors (Lipinski definition) is 1.